The quantitative estimate of drug-likeness (QED) is 0.300. The van der Waals surface area contributed by atoms with E-state index in [4.69, 9.17) is 11.6 Å². The molecule has 1 aromatic heterocycles. The Bertz CT molecular complexity index is 1460. The van der Waals surface area contributed by atoms with E-state index in [0.717, 1.165) is 27.7 Å². The van der Waals surface area contributed by atoms with E-state index in [0.29, 0.717) is 27.7 Å². The molecular weight excluding hydrogens is 437 g/mol. The number of rotatable bonds is 4. The zero-order chi connectivity index (χ0) is 22.9. The number of fused-ring (bicyclic) bond motifs is 1. The molecule has 5 rings (SSSR count). The Kier molecular flexibility index (Phi) is 5.40. The van der Waals surface area contributed by atoms with Crippen LogP contribution in [0.15, 0.2) is 84.9 Å². The van der Waals surface area contributed by atoms with E-state index in [2.05, 4.69) is 15.3 Å². The van der Waals surface area contributed by atoms with Crippen molar-refractivity contribution in [1.82, 2.24) is 9.97 Å². The van der Waals surface area contributed by atoms with Crippen molar-refractivity contribution in [2.24, 2.45) is 0 Å². The van der Waals surface area contributed by atoms with Crippen LogP contribution in [0.4, 0.5) is 10.1 Å². The summed E-state index contributed by atoms with van der Waals surface area (Å²) in [5, 5.41) is 3.48. The minimum absolute atomic E-state index is 0.226. The van der Waals surface area contributed by atoms with E-state index < -0.39 is 0 Å². The summed E-state index contributed by atoms with van der Waals surface area (Å²) in [7, 11) is 0. The second-order valence-corrected chi connectivity index (χ2v) is 8.20. The number of aromatic amines is 1. The van der Waals surface area contributed by atoms with Crippen molar-refractivity contribution in [3.8, 4) is 22.5 Å². The topological polar surface area (TPSA) is 57.8 Å². The first-order valence-corrected chi connectivity index (χ1v) is 10.8. The van der Waals surface area contributed by atoms with Crippen molar-refractivity contribution >= 4 is 34.2 Å². The van der Waals surface area contributed by atoms with Gasteiger partial charge in [0.15, 0.2) is 0 Å². The SMILES string of the molecule is Cc1cc(-c2ccc(F)cc2)ccc1C(=O)Nc1ccc(Cl)c(-c2nc3ccccc3[nH]2)c1. The molecule has 1 amide bonds. The number of halogens is 2. The third-order valence-corrected chi connectivity index (χ3v) is 5.85. The lowest BCUT2D eigenvalue weighted by atomic mass is 9.99. The molecule has 0 atom stereocenters. The summed E-state index contributed by atoms with van der Waals surface area (Å²) < 4.78 is 13.2. The Morgan fingerprint density at radius 1 is 0.939 bits per heavy atom. The highest BCUT2D eigenvalue weighted by atomic mass is 35.5. The first-order valence-electron chi connectivity index (χ1n) is 10.4. The van der Waals surface area contributed by atoms with Gasteiger partial charge in [0.1, 0.15) is 11.6 Å². The van der Waals surface area contributed by atoms with Crippen LogP contribution in [0.25, 0.3) is 33.5 Å². The molecule has 0 spiro atoms. The minimum Gasteiger partial charge on any atom is -0.338 e. The fourth-order valence-electron chi connectivity index (χ4n) is 3.80. The number of aromatic nitrogens is 2. The van der Waals surface area contributed by atoms with Gasteiger partial charge in [0.2, 0.25) is 0 Å². The number of nitrogens with one attached hydrogen (secondary N) is 2. The lowest BCUT2D eigenvalue weighted by molar-refractivity contribution is 0.102. The number of nitrogens with zero attached hydrogens (tertiary/aromatic N) is 1. The van der Waals surface area contributed by atoms with Crippen molar-refractivity contribution in [3.63, 3.8) is 0 Å². The molecule has 33 heavy (non-hydrogen) atoms. The number of hydrogen-bond donors (Lipinski definition) is 2. The second-order valence-electron chi connectivity index (χ2n) is 7.79. The van der Waals surface area contributed by atoms with E-state index >= 15 is 0 Å². The molecule has 0 aliphatic heterocycles. The van der Waals surface area contributed by atoms with E-state index in [1.807, 2.05) is 43.3 Å². The molecule has 4 aromatic carbocycles. The lowest BCUT2D eigenvalue weighted by Gasteiger charge is -2.11. The third-order valence-electron chi connectivity index (χ3n) is 5.52. The molecule has 0 radical (unpaired) electrons. The average Bonchev–Trinajstić information content (AvgIpc) is 3.25. The Balaban J connectivity index is 1.41. The molecular formula is C27H19ClFN3O. The number of amides is 1. The Hall–Kier alpha value is -3.96. The summed E-state index contributed by atoms with van der Waals surface area (Å²) >= 11 is 6.43. The number of carbonyl (C=O) groups is 1. The van der Waals surface area contributed by atoms with Crippen molar-refractivity contribution in [2.75, 3.05) is 5.32 Å². The number of carbonyl (C=O) groups excluding carboxylic acids is 1. The van der Waals surface area contributed by atoms with Crippen LogP contribution in [0.2, 0.25) is 5.02 Å². The first-order chi connectivity index (χ1) is 16.0. The molecule has 0 saturated carbocycles. The number of anilines is 1. The van der Waals surface area contributed by atoms with Gasteiger partial charge in [-0.2, -0.15) is 0 Å². The van der Waals surface area contributed by atoms with Crippen LogP contribution in [-0.2, 0) is 0 Å². The Morgan fingerprint density at radius 2 is 1.70 bits per heavy atom. The minimum atomic E-state index is -0.281. The molecule has 0 fully saturated rings. The van der Waals surface area contributed by atoms with Crippen LogP contribution >= 0.6 is 11.6 Å². The molecule has 162 valence electrons. The van der Waals surface area contributed by atoms with Gasteiger partial charge >= 0.3 is 0 Å². The Morgan fingerprint density at radius 3 is 2.45 bits per heavy atom. The highest BCUT2D eigenvalue weighted by Crippen LogP contribution is 2.31. The van der Waals surface area contributed by atoms with Gasteiger partial charge in [0.25, 0.3) is 5.91 Å². The molecule has 0 bridgehead atoms. The number of H-pyrrole nitrogens is 1. The van der Waals surface area contributed by atoms with Crippen LogP contribution in [0, 0.1) is 12.7 Å². The van der Waals surface area contributed by atoms with E-state index in [1.165, 1.54) is 12.1 Å². The number of benzene rings is 4. The number of hydrogen-bond acceptors (Lipinski definition) is 2. The van der Waals surface area contributed by atoms with Gasteiger partial charge in [0.05, 0.1) is 16.1 Å². The van der Waals surface area contributed by atoms with Crippen LogP contribution in [0.3, 0.4) is 0 Å². The van der Waals surface area contributed by atoms with Crippen molar-refractivity contribution in [3.05, 3.63) is 107 Å². The summed E-state index contributed by atoms with van der Waals surface area (Å²) in [6.07, 6.45) is 0. The smallest absolute Gasteiger partial charge is 0.255 e. The summed E-state index contributed by atoms with van der Waals surface area (Å²) in [5.41, 5.74) is 6.25. The van der Waals surface area contributed by atoms with E-state index in [9.17, 15) is 9.18 Å². The molecule has 1 heterocycles. The van der Waals surface area contributed by atoms with Crippen LogP contribution in [0.1, 0.15) is 15.9 Å². The van der Waals surface area contributed by atoms with Crippen molar-refractivity contribution in [2.45, 2.75) is 6.92 Å². The standard InChI is InChI=1S/C27H19ClFN3O/c1-16-14-18(17-6-9-19(29)10-7-17)8-12-21(16)27(33)30-20-11-13-23(28)22(15-20)26-31-24-4-2-3-5-25(24)32-26/h2-15H,1H3,(H,30,33)(H,31,32). The maximum absolute atomic E-state index is 13.2. The van der Waals surface area contributed by atoms with Crippen LogP contribution < -0.4 is 5.32 Å². The number of para-hydroxylation sites is 2. The predicted molar refractivity (Wildman–Crippen MR) is 131 cm³/mol. The highest BCUT2D eigenvalue weighted by molar-refractivity contribution is 6.33. The normalized spacial score (nSPS) is 11.0. The van der Waals surface area contributed by atoms with Gasteiger partial charge in [0, 0.05) is 16.8 Å². The fourth-order valence-corrected chi connectivity index (χ4v) is 4.01. The molecule has 0 aliphatic carbocycles. The van der Waals surface area contributed by atoms with Gasteiger partial charge in [-0.15, -0.1) is 0 Å². The van der Waals surface area contributed by atoms with Gasteiger partial charge in [-0.25, -0.2) is 9.37 Å². The van der Waals surface area contributed by atoms with Gasteiger partial charge < -0.3 is 10.3 Å². The lowest BCUT2D eigenvalue weighted by Crippen LogP contribution is -2.13. The number of aryl methyl sites for hydroxylation is 1. The summed E-state index contributed by atoms with van der Waals surface area (Å²) in [6, 6.07) is 24.9. The zero-order valence-electron chi connectivity index (χ0n) is 17.7. The molecule has 0 unspecified atom stereocenters. The largest absolute Gasteiger partial charge is 0.338 e. The summed E-state index contributed by atoms with van der Waals surface area (Å²) in [4.78, 5) is 20.9. The third kappa shape index (κ3) is 4.23. The summed E-state index contributed by atoms with van der Waals surface area (Å²) in [6.45, 7) is 1.88. The fraction of sp³-hybridized carbons (Fsp3) is 0.0370. The van der Waals surface area contributed by atoms with Gasteiger partial charge in [-0.05, 0) is 72.1 Å². The molecule has 0 aliphatic rings. The van der Waals surface area contributed by atoms with Gasteiger partial charge in [-0.1, -0.05) is 48.0 Å². The first kappa shape index (κ1) is 20.9. The number of imidazole rings is 1. The highest BCUT2D eigenvalue weighted by Gasteiger charge is 2.14. The maximum atomic E-state index is 13.2. The van der Waals surface area contributed by atoms with E-state index in [1.54, 1.807) is 36.4 Å². The Labute approximate surface area is 195 Å². The summed E-state index contributed by atoms with van der Waals surface area (Å²) in [5.74, 6) is 0.129. The molecule has 6 heteroatoms. The van der Waals surface area contributed by atoms with E-state index in [-0.39, 0.29) is 11.7 Å². The maximum Gasteiger partial charge on any atom is 0.255 e. The second kappa shape index (κ2) is 8.52. The molecule has 0 saturated heterocycles. The average molecular weight is 456 g/mol. The van der Waals surface area contributed by atoms with Crippen molar-refractivity contribution < 1.29 is 9.18 Å². The molecule has 5 aromatic rings. The molecule has 4 nitrogen and oxygen atoms in total. The monoisotopic (exact) mass is 455 g/mol. The molecule has 2 N–H and O–H groups in total. The van der Waals surface area contributed by atoms with Crippen molar-refractivity contribution in [1.29, 1.82) is 0 Å². The predicted octanol–water partition coefficient (Wildman–Crippen LogP) is 7.25. The van der Waals surface area contributed by atoms with Gasteiger partial charge in [-0.3, -0.25) is 4.79 Å². The zero-order valence-corrected chi connectivity index (χ0v) is 18.5. The van der Waals surface area contributed by atoms with Crippen LogP contribution in [0.5, 0.6) is 0 Å². The van der Waals surface area contributed by atoms with Crippen LogP contribution in [-0.4, -0.2) is 15.9 Å².